The molecule has 2 aliphatic heterocycles. The van der Waals surface area contributed by atoms with E-state index in [1.165, 1.54) is 11.3 Å². The molecule has 2 amide bonds. The van der Waals surface area contributed by atoms with Gasteiger partial charge in [-0.15, -0.1) is 11.3 Å². The van der Waals surface area contributed by atoms with Crippen molar-refractivity contribution < 1.29 is 9.59 Å². The van der Waals surface area contributed by atoms with Crippen LogP contribution in [-0.2, 0) is 13.0 Å². The third kappa shape index (κ3) is 2.93. The lowest BCUT2D eigenvalue weighted by molar-refractivity contribution is 0.0729. The molecule has 1 atom stereocenters. The van der Waals surface area contributed by atoms with Crippen LogP contribution >= 0.6 is 11.3 Å². The summed E-state index contributed by atoms with van der Waals surface area (Å²) in [5.41, 5.74) is 2.67. The summed E-state index contributed by atoms with van der Waals surface area (Å²) in [7, 11) is 3.69. The number of fused-ring (bicyclic) bond motifs is 1. The normalized spacial score (nSPS) is 20.2. The second kappa shape index (κ2) is 6.85. The number of rotatable bonds is 3. The van der Waals surface area contributed by atoms with E-state index in [0.29, 0.717) is 10.6 Å². The van der Waals surface area contributed by atoms with Crippen LogP contribution in [0.5, 0.6) is 0 Å². The molecule has 0 bridgehead atoms. The molecule has 2 aromatic heterocycles. The molecule has 8 heteroatoms. The Morgan fingerprint density at radius 1 is 1.35 bits per heavy atom. The number of H-pyrrole nitrogens is 1. The minimum absolute atomic E-state index is 0.00445. The third-order valence-electron chi connectivity index (χ3n) is 5.25. The van der Waals surface area contributed by atoms with Crippen LogP contribution in [0.2, 0.25) is 0 Å². The van der Waals surface area contributed by atoms with Gasteiger partial charge in [-0.1, -0.05) is 0 Å². The highest BCUT2D eigenvalue weighted by Crippen LogP contribution is 2.37. The van der Waals surface area contributed by atoms with Crippen molar-refractivity contribution in [2.45, 2.75) is 31.8 Å². The van der Waals surface area contributed by atoms with Gasteiger partial charge in [0.25, 0.3) is 11.8 Å². The highest BCUT2D eigenvalue weighted by Gasteiger charge is 2.35. The molecule has 0 aliphatic carbocycles. The lowest BCUT2D eigenvalue weighted by atomic mass is 10.0. The number of likely N-dealkylation sites (tertiary alicyclic amines) is 1. The van der Waals surface area contributed by atoms with Gasteiger partial charge >= 0.3 is 0 Å². The maximum Gasteiger partial charge on any atom is 0.275 e. The molecule has 7 nitrogen and oxygen atoms in total. The number of likely N-dealkylation sites (N-methyl/N-ethyl adjacent to an activating group) is 1. The summed E-state index contributed by atoms with van der Waals surface area (Å²) in [6.45, 7) is 2.46. The molecule has 0 unspecified atom stereocenters. The van der Waals surface area contributed by atoms with Crippen molar-refractivity contribution in [1.82, 2.24) is 25.3 Å². The Hall–Kier alpha value is -2.19. The monoisotopic (exact) mass is 373 g/mol. The van der Waals surface area contributed by atoms with E-state index in [9.17, 15) is 9.59 Å². The third-order valence-corrected chi connectivity index (χ3v) is 6.43. The van der Waals surface area contributed by atoms with Crippen LogP contribution in [0.15, 0.2) is 12.1 Å². The number of hydrogen-bond acceptors (Lipinski definition) is 5. The summed E-state index contributed by atoms with van der Waals surface area (Å²) in [6, 6.07) is 3.84. The van der Waals surface area contributed by atoms with Crippen LogP contribution < -0.4 is 5.32 Å². The average Bonchev–Trinajstić information content (AvgIpc) is 3.37. The van der Waals surface area contributed by atoms with Gasteiger partial charge in [0.05, 0.1) is 10.9 Å². The minimum Gasteiger partial charge on any atom is -0.354 e. The van der Waals surface area contributed by atoms with Gasteiger partial charge in [-0.3, -0.25) is 14.7 Å². The van der Waals surface area contributed by atoms with E-state index in [4.69, 9.17) is 0 Å². The summed E-state index contributed by atoms with van der Waals surface area (Å²) < 4.78 is 0. The Bertz CT molecular complexity index is 843. The molecular weight excluding hydrogens is 350 g/mol. The van der Waals surface area contributed by atoms with Crippen LogP contribution in [-0.4, -0.2) is 59.0 Å². The molecule has 0 radical (unpaired) electrons. The molecule has 0 saturated carbocycles. The molecule has 26 heavy (non-hydrogen) atoms. The standard InChI is InChI=1S/C18H23N5O2S/c1-19-17(24)15-6-5-14(26-15)13-4-3-8-23(13)18(25)16-11-10-22(2)9-7-12(11)20-21-16/h5-6,13H,3-4,7-10H2,1-2H3,(H,19,24)(H,20,21)/t13-/m1/s1. The number of nitrogens with zero attached hydrogens (tertiary/aromatic N) is 3. The van der Waals surface area contributed by atoms with Gasteiger partial charge in [-0.2, -0.15) is 5.10 Å². The number of carbonyl (C=O) groups is 2. The first-order chi connectivity index (χ1) is 12.6. The van der Waals surface area contributed by atoms with Crippen molar-refractivity contribution in [3.05, 3.63) is 38.8 Å². The van der Waals surface area contributed by atoms with Crippen molar-refractivity contribution in [2.24, 2.45) is 0 Å². The zero-order valence-electron chi connectivity index (χ0n) is 15.0. The molecule has 0 spiro atoms. The number of aromatic amines is 1. The Kier molecular flexibility index (Phi) is 4.54. The maximum atomic E-state index is 13.2. The van der Waals surface area contributed by atoms with Crippen molar-refractivity contribution in [1.29, 1.82) is 0 Å². The van der Waals surface area contributed by atoms with Crippen LogP contribution in [0.25, 0.3) is 0 Å². The lowest BCUT2D eigenvalue weighted by Crippen LogP contribution is -2.33. The number of aromatic nitrogens is 2. The summed E-state index contributed by atoms with van der Waals surface area (Å²) in [6.07, 6.45) is 2.79. The van der Waals surface area contributed by atoms with E-state index in [2.05, 4.69) is 27.5 Å². The molecule has 2 aliphatic rings. The average molecular weight is 373 g/mol. The van der Waals surface area contributed by atoms with Gasteiger partial charge < -0.3 is 15.1 Å². The summed E-state index contributed by atoms with van der Waals surface area (Å²) in [5, 5.41) is 10.1. The zero-order valence-corrected chi connectivity index (χ0v) is 15.9. The van der Waals surface area contributed by atoms with Gasteiger partial charge in [0, 0.05) is 49.2 Å². The highest BCUT2D eigenvalue weighted by atomic mass is 32.1. The number of carbonyl (C=O) groups excluding carboxylic acids is 2. The van der Waals surface area contributed by atoms with Crippen LogP contribution in [0.3, 0.4) is 0 Å². The summed E-state index contributed by atoms with van der Waals surface area (Å²) >= 11 is 1.47. The fourth-order valence-electron chi connectivity index (χ4n) is 3.83. The Morgan fingerprint density at radius 2 is 2.19 bits per heavy atom. The van der Waals surface area contributed by atoms with E-state index in [1.54, 1.807) is 7.05 Å². The van der Waals surface area contributed by atoms with Crippen molar-refractivity contribution in [3.8, 4) is 0 Å². The van der Waals surface area contributed by atoms with Gasteiger partial charge in [0.15, 0.2) is 5.69 Å². The predicted molar refractivity (Wildman–Crippen MR) is 99.3 cm³/mol. The molecule has 1 fully saturated rings. The smallest absolute Gasteiger partial charge is 0.275 e. The van der Waals surface area contributed by atoms with Gasteiger partial charge in [-0.25, -0.2) is 0 Å². The SMILES string of the molecule is CNC(=O)c1ccc([C@H]2CCCN2C(=O)c2n[nH]c3c2CN(C)CC3)s1. The topological polar surface area (TPSA) is 81.3 Å². The Labute approximate surface area is 156 Å². The van der Waals surface area contributed by atoms with E-state index in [-0.39, 0.29) is 17.9 Å². The molecule has 2 N–H and O–H groups in total. The fourth-order valence-corrected chi connectivity index (χ4v) is 4.93. The first-order valence-electron chi connectivity index (χ1n) is 8.96. The first kappa shape index (κ1) is 17.2. The second-order valence-corrected chi connectivity index (χ2v) is 8.07. The highest BCUT2D eigenvalue weighted by molar-refractivity contribution is 7.14. The van der Waals surface area contributed by atoms with Gasteiger partial charge in [0.1, 0.15) is 0 Å². The predicted octanol–water partition coefficient (Wildman–Crippen LogP) is 1.80. The number of amides is 2. The van der Waals surface area contributed by atoms with Crippen LogP contribution in [0.4, 0.5) is 0 Å². The van der Waals surface area contributed by atoms with E-state index in [0.717, 1.165) is 55.0 Å². The van der Waals surface area contributed by atoms with Crippen molar-refractivity contribution in [2.75, 3.05) is 27.2 Å². The van der Waals surface area contributed by atoms with E-state index in [1.807, 2.05) is 17.0 Å². The van der Waals surface area contributed by atoms with E-state index >= 15 is 0 Å². The Balaban J connectivity index is 1.59. The molecule has 1 saturated heterocycles. The number of thiophene rings is 1. The second-order valence-electron chi connectivity index (χ2n) is 6.95. The largest absolute Gasteiger partial charge is 0.354 e. The fraction of sp³-hybridized carbons (Fsp3) is 0.500. The van der Waals surface area contributed by atoms with Crippen LogP contribution in [0.1, 0.15) is 55.2 Å². The van der Waals surface area contributed by atoms with Crippen LogP contribution in [0, 0.1) is 0 Å². The molecule has 4 heterocycles. The minimum atomic E-state index is -0.0819. The van der Waals surface area contributed by atoms with Crippen molar-refractivity contribution >= 4 is 23.2 Å². The quantitative estimate of drug-likeness (QED) is 0.860. The summed E-state index contributed by atoms with van der Waals surface area (Å²) in [4.78, 5) is 30.9. The Morgan fingerprint density at radius 3 is 3.00 bits per heavy atom. The maximum absolute atomic E-state index is 13.2. The zero-order chi connectivity index (χ0) is 18.3. The molecular formula is C18H23N5O2S. The van der Waals surface area contributed by atoms with Crippen molar-refractivity contribution in [3.63, 3.8) is 0 Å². The molecule has 138 valence electrons. The van der Waals surface area contributed by atoms with E-state index < -0.39 is 0 Å². The molecule has 0 aromatic carbocycles. The molecule has 4 rings (SSSR count). The van der Waals surface area contributed by atoms with Gasteiger partial charge in [-0.05, 0) is 32.0 Å². The summed E-state index contributed by atoms with van der Waals surface area (Å²) in [5.74, 6) is -0.0864. The number of nitrogens with one attached hydrogen (secondary N) is 2. The lowest BCUT2D eigenvalue weighted by Gasteiger charge is -2.25. The van der Waals surface area contributed by atoms with Gasteiger partial charge in [0.2, 0.25) is 0 Å². The number of hydrogen-bond donors (Lipinski definition) is 2. The molecule has 2 aromatic rings. The first-order valence-corrected chi connectivity index (χ1v) is 9.77.